The number of amides is 1. The molecule has 0 spiro atoms. The molecule has 0 radical (unpaired) electrons. The molecule has 2 aliphatic heterocycles. The predicted octanol–water partition coefficient (Wildman–Crippen LogP) is 1.06. The monoisotopic (exact) mass is 355 g/mol. The van der Waals surface area contributed by atoms with Crippen LogP contribution in [0.1, 0.15) is 18.4 Å². The second-order valence-electron chi connectivity index (χ2n) is 7.63. The quantitative estimate of drug-likeness (QED) is 0.766. The summed E-state index contributed by atoms with van der Waals surface area (Å²) < 4.78 is 29.4. The molecule has 0 aliphatic carbocycles. The highest BCUT2D eigenvalue weighted by molar-refractivity contribution is 5.77. The zero-order valence-electron chi connectivity index (χ0n) is 15.2. The van der Waals surface area contributed by atoms with Crippen molar-refractivity contribution in [2.75, 3.05) is 40.3 Å². The van der Waals surface area contributed by atoms with E-state index < -0.39 is 5.92 Å². The van der Waals surface area contributed by atoms with E-state index in [0.29, 0.717) is 32.6 Å². The standard InChI is InChI=1S/C17H27F2N5O/c1-13-7-20-23(8-13)5-4-16(25)22-10-15(11-22)24-12-17(18,19)6-14(24)9-21(2)3/h7-8,14-15H,4-6,9-12H2,1-3H3. The molecule has 1 amide bonds. The van der Waals surface area contributed by atoms with Crippen LogP contribution in [0.15, 0.2) is 12.4 Å². The summed E-state index contributed by atoms with van der Waals surface area (Å²) in [6, 6.07) is -0.0893. The third-order valence-corrected chi connectivity index (χ3v) is 4.99. The van der Waals surface area contributed by atoms with E-state index >= 15 is 0 Å². The molecule has 1 atom stereocenters. The molecule has 3 heterocycles. The van der Waals surface area contributed by atoms with Crippen molar-refractivity contribution in [1.29, 1.82) is 0 Å². The second-order valence-corrected chi connectivity index (χ2v) is 7.63. The molecule has 0 aromatic carbocycles. The van der Waals surface area contributed by atoms with Crippen LogP contribution >= 0.6 is 0 Å². The van der Waals surface area contributed by atoms with E-state index in [9.17, 15) is 13.6 Å². The number of likely N-dealkylation sites (N-methyl/N-ethyl adjacent to an activating group) is 1. The van der Waals surface area contributed by atoms with Crippen molar-refractivity contribution >= 4 is 5.91 Å². The van der Waals surface area contributed by atoms with Gasteiger partial charge < -0.3 is 9.80 Å². The summed E-state index contributed by atoms with van der Waals surface area (Å²) in [5.41, 5.74) is 1.07. The molecule has 3 rings (SSSR count). The number of carbonyl (C=O) groups excluding carboxylic acids is 1. The maximum atomic E-state index is 13.8. The molecule has 2 saturated heterocycles. The van der Waals surface area contributed by atoms with Crippen LogP contribution in [0.3, 0.4) is 0 Å². The summed E-state index contributed by atoms with van der Waals surface area (Å²) in [5.74, 6) is -2.55. The van der Waals surface area contributed by atoms with Crippen molar-refractivity contribution in [2.24, 2.45) is 0 Å². The van der Waals surface area contributed by atoms with Gasteiger partial charge in [0.05, 0.1) is 12.7 Å². The Bertz CT molecular complexity index is 612. The average Bonchev–Trinajstić information content (AvgIpc) is 2.98. The minimum atomic E-state index is -2.62. The lowest BCUT2D eigenvalue weighted by Gasteiger charge is -2.46. The Hall–Kier alpha value is -1.54. The fraction of sp³-hybridized carbons (Fsp3) is 0.765. The van der Waals surface area contributed by atoms with Crippen molar-refractivity contribution in [3.8, 4) is 0 Å². The molecule has 140 valence electrons. The van der Waals surface area contributed by atoms with Crippen molar-refractivity contribution in [1.82, 2.24) is 24.5 Å². The normalized spacial score (nSPS) is 24.1. The van der Waals surface area contributed by atoms with Gasteiger partial charge in [0.25, 0.3) is 5.92 Å². The Morgan fingerprint density at radius 3 is 2.72 bits per heavy atom. The Morgan fingerprint density at radius 1 is 1.40 bits per heavy atom. The van der Waals surface area contributed by atoms with Gasteiger partial charge in [-0.3, -0.25) is 14.4 Å². The minimum absolute atomic E-state index is 0.0502. The van der Waals surface area contributed by atoms with Crippen LogP contribution in [0.5, 0.6) is 0 Å². The highest BCUT2D eigenvalue weighted by Gasteiger charge is 2.50. The number of carbonyl (C=O) groups is 1. The lowest BCUT2D eigenvalue weighted by atomic mass is 10.0. The molecular formula is C17H27F2N5O. The number of hydrogen-bond donors (Lipinski definition) is 0. The molecule has 1 aromatic rings. The first-order valence-corrected chi connectivity index (χ1v) is 8.79. The Morgan fingerprint density at radius 2 is 2.12 bits per heavy atom. The first-order chi connectivity index (χ1) is 11.7. The molecule has 0 bridgehead atoms. The highest BCUT2D eigenvalue weighted by Crippen LogP contribution is 2.35. The van der Waals surface area contributed by atoms with Crippen LogP contribution in [0.4, 0.5) is 8.78 Å². The molecule has 6 nitrogen and oxygen atoms in total. The lowest BCUT2D eigenvalue weighted by molar-refractivity contribution is -0.139. The molecular weight excluding hydrogens is 328 g/mol. The van der Waals surface area contributed by atoms with Crippen molar-refractivity contribution in [2.45, 2.75) is 44.3 Å². The zero-order valence-corrected chi connectivity index (χ0v) is 15.2. The van der Waals surface area contributed by atoms with Crippen LogP contribution in [-0.2, 0) is 11.3 Å². The van der Waals surface area contributed by atoms with Gasteiger partial charge in [0.2, 0.25) is 5.91 Å². The maximum Gasteiger partial charge on any atom is 0.262 e. The summed E-state index contributed by atoms with van der Waals surface area (Å²) >= 11 is 0. The summed E-state index contributed by atoms with van der Waals surface area (Å²) in [6.07, 6.45) is 3.98. The molecule has 8 heteroatoms. The average molecular weight is 355 g/mol. The molecule has 1 unspecified atom stereocenters. The minimum Gasteiger partial charge on any atom is -0.339 e. The van der Waals surface area contributed by atoms with Gasteiger partial charge in [0.1, 0.15) is 0 Å². The number of rotatable bonds is 6. The first-order valence-electron chi connectivity index (χ1n) is 8.79. The zero-order chi connectivity index (χ0) is 18.2. The van der Waals surface area contributed by atoms with Crippen molar-refractivity contribution < 1.29 is 13.6 Å². The van der Waals surface area contributed by atoms with Gasteiger partial charge in [-0.25, -0.2) is 8.78 Å². The van der Waals surface area contributed by atoms with Gasteiger partial charge in [0, 0.05) is 57.3 Å². The molecule has 0 N–H and O–H groups in total. The first kappa shape index (κ1) is 18.3. The number of nitrogens with zero attached hydrogens (tertiary/aromatic N) is 5. The summed E-state index contributed by atoms with van der Waals surface area (Å²) in [5, 5.41) is 4.17. The van der Waals surface area contributed by atoms with Gasteiger partial charge >= 0.3 is 0 Å². The highest BCUT2D eigenvalue weighted by atomic mass is 19.3. The van der Waals surface area contributed by atoms with E-state index in [2.05, 4.69) is 5.10 Å². The molecule has 2 aliphatic rings. The Kier molecular flexibility index (Phi) is 5.11. The fourth-order valence-electron chi connectivity index (χ4n) is 3.77. The smallest absolute Gasteiger partial charge is 0.262 e. The number of alkyl halides is 2. The second kappa shape index (κ2) is 6.99. The van der Waals surface area contributed by atoms with Crippen LogP contribution in [0, 0.1) is 6.92 Å². The SMILES string of the molecule is Cc1cnn(CCC(=O)N2CC(N3CC(F)(F)CC3CN(C)C)C2)c1. The van der Waals surface area contributed by atoms with Gasteiger partial charge in [-0.2, -0.15) is 5.10 Å². The largest absolute Gasteiger partial charge is 0.339 e. The van der Waals surface area contributed by atoms with E-state index in [-0.39, 0.29) is 31.0 Å². The number of aromatic nitrogens is 2. The van der Waals surface area contributed by atoms with Gasteiger partial charge in [-0.15, -0.1) is 0 Å². The molecule has 25 heavy (non-hydrogen) atoms. The number of likely N-dealkylation sites (tertiary alicyclic amines) is 2. The van der Waals surface area contributed by atoms with E-state index in [1.54, 1.807) is 15.8 Å². The van der Waals surface area contributed by atoms with Gasteiger partial charge in [-0.05, 0) is 26.6 Å². The van der Waals surface area contributed by atoms with E-state index in [0.717, 1.165) is 5.56 Å². The van der Waals surface area contributed by atoms with Gasteiger partial charge in [-0.1, -0.05) is 0 Å². The lowest BCUT2D eigenvalue weighted by Crippen LogP contribution is -2.63. The third-order valence-electron chi connectivity index (χ3n) is 4.99. The third kappa shape index (κ3) is 4.36. The van der Waals surface area contributed by atoms with E-state index in [4.69, 9.17) is 0 Å². The van der Waals surface area contributed by atoms with Crippen LogP contribution in [-0.4, -0.2) is 88.7 Å². The number of hydrogen-bond acceptors (Lipinski definition) is 4. The van der Waals surface area contributed by atoms with Crippen molar-refractivity contribution in [3.05, 3.63) is 18.0 Å². The van der Waals surface area contributed by atoms with Crippen LogP contribution in [0.25, 0.3) is 0 Å². The van der Waals surface area contributed by atoms with Crippen LogP contribution < -0.4 is 0 Å². The topological polar surface area (TPSA) is 44.6 Å². The Balaban J connectivity index is 1.48. The molecule has 2 fully saturated rings. The van der Waals surface area contributed by atoms with E-state index in [1.807, 2.05) is 37.0 Å². The molecule has 0 saturated carbocycles. The summed E-state index contributed by atoms with van der Waals surface area (Å²) in [6.45, 7) is 4.05. The Labute approximate surface area is 147 Å². The van der Waals surface area contributed by atoms with Crippen molar-refractivity contribution in [3.63, 3.8) is 0 Å². The molecule has 1 aromatic heterocycles. The maximum absolute atomic E-state index is 13.8. The summed E-state index contributed by atoms with van der Waals surface area (Å²) in [7, 11) is 3.81. The predicted molar refractivity (Wildman–Crippen MR) is 90.6 cm³/mol. The van der Waals surface area contributed by atoms with Gasteiger partial charge in [0.15, 0.2) is 0 Å². The number of aryl methyl sites for hydroxylation is 2. The fourth-order valence-corrected chi connectivity index (χ4v) is 3.77. The summed E-state index contributed by atoms with van der Waals surface area (Å²) in [4.78, 5) is 17.9. The van der Waals surface area contributed by atoms with E-state index in [1.165, 1.54) is 0 Å². The van der Waals surface area contributed by atoms with Crippen LogP contribution in [0.2, 0.25) is 0 Å². The number of halogens is 2.